The van der Waals surface area contributed by atoms with Crippen molar-refractivity contribution in [2.45, 2.75) is 113 Å². The van der Waals surface area contributed by atoms with Gasteiger partial charge in [-0.2, -0.15) is 5.26 Å². The van der Waals surface area contributed by atoms with Gasteiger partial charge in [0.1, 0.15) is 22.7 Å². The number of aromatic hydroxyl groups is 1. The normalized spacial score (nSPS) is 17.3. The number of hydrogen-bond donors (Lipinski definition) is 3. The van der Waals surface area contributed by atoms with E-state index in [9.17, 15) is 14.8 Å². The van der Waals surface area contributed by atoms with Crippen LogP contribution in [0.1, 0.15) is 111 Å². The zero-order valence-electron chi connectivity index (χ0n) is 29.5. The number of amidine groups is 1. The number of aliphatic hydroxyl groups is 1. The SMILES string of the molecule is C=c1c(O)c(-c2ncc(F)c3sc(N)c(C#N)c23)c2c(/c1=C/N=C(C)N1CCC(C)C1C)COC2.CC.CCCC.CCCCCO. The van der Waals surface area contributed by atoms with Crippen LogP contribution in [0.25, 0.3) is 34.1 Å². The maximum absolute atomic E-state index is 14.5. The molecule has 3 aromatic rings. The van der Waals surface area contributed by atoms with Crippen LogP contribution in [0.15, 0.2) is 11.2 Å². The summed E-state index contributed by atoms with van der Waals surface area (Å²) in [6, 6.07) is 2.47. The number of aliphatic hydroxyl groups excluding tert-OH is 1. The average Bonchev–Trinajstić information content (AvgIpc) is 3.79. The third-order valence-corrected chi connectivity index (χ3v) is 9.60. The van der Waals surface area contributed by atoms with Crippen molar-refractivity contribution in [1.29, 1.82) is 5.26 Å². The van der Waals surface area contributed by atoms with E-state index in [4.69, 9.17) is 20.6 Å². The molecule has 0 radical (unpaired) electrons. The van der Waals surface area contributed by atoms with Gasteiger partial charge in [-0.15, -0.1) is 11.3 Å². The first-order valence-corrected chi connectivity index (χ1v) is 17.7. The fraction of sp³-hybridized carbons (Fsp3) is 0.541. The number of phenolic OH excluding ortho intramolecular Hbond substituents is 1. The molecule has 0 spiro atoms. The Morgan fingerprint density at radius 1 is 1.21 bits per heavy atom. The van der Waals surface area contributed by atoms with Crippen molar-refractivity contribution < 1.29 is 19.3 Å². The lowest BCUT2D eigenvalue weighted by molar-refractivity contribution is 0.134. The quantitative estimate of drug-likeness (QED) is 0.140. The molecule has 1 fully saturated rings. The van der Waals surface area contributed by atoms with E-state index in [1.54, 1.807) is 6.20 Å². The minimum absolute atomic E-state index is 0.0921. The largest absolute Gasteiger partial charge is 0.507 e. The number of rotatable bonds is 6. The number of aliphatic imine (C=N–C) groups is 1. The molecular formula is C37H54FN5O3S. The second-order valence-corrected chi connectivity index (χ2v) is 12.7. The highest BCUT2D eigenvalue weighted by Crippen LogP contribution is 2.43. The third kappa shape index (κ3) is 9.10. The van der Waals surface area contributed by atoms with Crippen LogP contribution < -0.4 is 16.2 Å². The van der Waals surface area contributed by atoms with Crippen molar-refractivity contribution in [2.24, 2.45) is 10.9 Å². The minimum Gasteiger partial charge on any atom is -0.507 e. The van der Waals surface area contributed by atoms with Gasteiger partial charge in [-0.1, -0.05) is 73.8 Å². The van der Waals surface area contributed by atoms with Crippen LogP contribution in [0.4, 0.5) is 9.39 Å². The van der Waals surface area contributed by atoms with E-state index >= 15 is 0 Å². The van der Waals surface area contributed by atoms with Gasteiger partial charge in [0.15, 0.2) is 5.82 Å². The number of halogens is 1. The summed E-state index contributed by atoms with van der Waals surface area (Å²) in [4.78, 5) is 11.3. The zero-order chi connectivity index (χ0) is 35.3. The van der Waals surface area contributed by atoms with Crippen molar-refractivity contribution >= 4 is 45.0 Å². The summed E-state index contributed by atoms with van der Waals surface area (Å²) < 4.78 is 20.5. The number of aromatic nitrogens is 1. The molecular weight excluding hydrogens is 614 g/mol. The molecule has 4 heterocycles. The number of thiophene rings is 1. The van der Waals surface area contributed by atoms with Crippen LogP contribution in [0.3, 0.4) is 0 Å². The van der Waals surface area contributed by atoms with E-state index in [0.29, 0.717) is 52.3 Å². The minimum atomic E-state index is -0.565. The lowest BCUT2D eigenvalue weighted by Crippen LogP contribution is -2.34. The Kier molecular flexibility index (Phi) is 16.3. The topological polar surface area (TPSA) is 128 Å². The molecule has 0 amide bonds. The van der Waals surface area contributed by atoms with Crippen LogP contribution in [-0.2, 0) is 18.0 Å². The number of unbranched alkanes of at least 4 members (excludes halogenated alkanes) is 3. The first kappa shape index (κ1) is 39.7. The number of nitrogens with zero attached hydrogens (tertiary/aromatic N) is 4. The summed E-state index contributed by atoms with van der Waals surface area (Å²) in [5.41, 5.74) is 8.41. The second kappa shape index (κ2) is 19.3. The van der Waals surface area contributed by atoms with Crippen LogP contribution >= 0.6 is 11.3 Å². The highest BCUT2D eigenvalue weighted by Gasteiger charge is 2.29. The first-order valence-electron chi connectivity index (χ1n) is 16.9. The molecule has 0 bridgehead atoms. The van der Waals surface area contributed by atoms with Gasteiger partial charge in [0, 0.05) is 46.8 Å². The molecule has 8 nitrogen and oxygen atoms in total. The number of ether oxygens (including phenoxy) is 1. The first-order chi connectivity index (χ1) is 22.6. The molecule has 2 unspecified atom stereocenters. The number of likely N-dealkylation sites (tertiary alicyclic amines) is 1. The molecule has 1 saturated heterocycles. The van der Waals surface area contributed by atoms with Crippen molar-refractivity contribution in [3.8, 4) is 23.1 Å². The Labute approximate surface area is 284 Å². The fourth-order valence-corrected chi connectivity index (χ4v) is 6.36. The van der Waals surface area contributed by atoms with Gasteiger partial charge in [-0.25, -0.2) is 9.38 Å². The Hall–Kier alpha value is -3.52. The van der Waals surface area contributed by atoms with Crippen LogP contribution in [0, 0.1) is 23.1 Å². The van der Waals surface area contributed by atoms with Crippen molar-refractivity contribution in [2.75, 3.05) is 18.9 Å². The van der Waals surface area contributed by atoms with Crippen LogP contribution in [0.5, 0.6) is 5.75 Å². The molecule has 2 aliphatic rings. The predicted octanol–water partition coefficient (Wildman–Crippen LogP) is 7.59. The van der Waals surface area contributed by atoms with Crippen LogP contribution in [0.2, 0.25) is 0 Å². The molecule has 1 aromatic carbocycles. The van der Waals surface area contributed by atoms with Crippen LogP contribution in [-0.4, -0.2) is 45.1 Å². The Morgan fingerprint density at radius 3 is 2.40 bits per heavy atom. The lowest BCUT2D eigenvalue weighted by atomic mass is 9.94. The van der Waals surface area contributed by atoms with Gasteiger partial charge < -0.3 is 25.6 Å². The Bertz CT molecular complexity index is 1660. The molecule has 2 atom stereocenters. The van der Waals surface area contributed by atoms with Gasteiger partial charge in [0.25, 0.3) is 0 Å². The molecule has 0 saturated carbocycles. The van der Waals surface area contributed by atoms with E-state index in [1.807, 2.05) is 20.8 Å². The Morgan fingerprint density at radius 2 is 1.87 bits per heavy atom. The van der Waals surface area contributed by atoms with E-state index in [0.717, 1.165) is 60.3 Å². The molecule has 258 valence electrons. The summed E-state index contributed by atoms with van der Waals surface area (Å²) in [5.74, 6) is 0.857. The standard InChI is InChI=1S/C26H26FN5O2S.C5H12O.C4H10.C2H6/c1-12-5-6-32(14(12)3)15(4)30-8-17-13(2)24(33)21(19-11-34-10-18(17)19)23-22-16(7-28)26(29)35-25(22)20(27)9-31-23;1-2-3-4-5-6;1-3-4-2;1-2/h8-9,12,14,33H,2,5-6,10-11,29H2,1,3-4H3;6H,2-5H2,1H3;3-4H2,1-2H3;1-2H3/b17-8+,30-15?;;;. The van der Waals surface area contributed by atoms with Gasteiger partial charge in [0.05, 0.1) is 35.4 Å². The van der Waals surface area contributed by atoms with E-state index in [-0.39, 0.29) is 27.6 Å². The lowest BCUT2D eigenvalue weighted by Gasteiger charge is -2.24. The highest BCUT2D eigenvalue weighted by atomic mass is 32.1. The number of anilines is 1. The number of benzene rings is 1. The second-order valence-electron chi connectivity index (χ2n) is 11.6. The van der Waals surface area contributed by atoms with Gasteiger partial charge in [-0.05, 0) is 43.7 Å². The van der Waals surface area contributed by atoms with Crippen molar-refractivity contribution in [1.82, 2.24) is 9.88 Å². The number of nitriles is 1. The molecule has 4 N–H and O–H groups in total. The molecule has 2 aromatic heterocycles. The fourth-order valence-electron chi connectivity index (χ4n) is 5.44. The monoisotopic (exact) mass is 667 g/mol. The summed E-state index contributed by atoms with van der Waals surface area (Å²) in [5, 5.41) is 30.8. The predicted molar refractivity (Wildman–Crippen MR) is 195 cm³/mol. The third-order valence-electron chi connectivity index (χ3n) is 8.57. The zero-order valence-corrected chi connectivity index (χ0v) is 30.4. The van der Waals surface area contributed by atoms with E-state index in [2.05, 4.69) is 57.2 Å². The highest BCUT2D eigenvalue weighted by molar-refractivity contribution is 7.23. The number of nitrogens with two attached hydrogens (primary N) is 1. The smallest absolute Gasteiger partial charge is 0.159 e. The van der Waals surface area contributed by atoms with Crippen molar-refractivity contribution in [3.63, 3.8) is 0 Å². The summed E-state index contributed by atoms with van der Waals surface area (Å²) in [7, 11) is 0. The van der Waals surface area contributed by atoms with Gasteiger partial charge in [-0.3, -0.25) is 4.98 Å². The van der Waals surface area contributed by atoms with E-state index < -0.39 is 5.82 Å². The Balaban J connectivity index is 0.000000554. The van der Waals surface area contributed by atoms with Gasteiger partial charge >= 0.3 is 0 Å². The van der Waals surface area contributed by atoms with E-state index in [1.165, 1.54) is 19.3 Å². The number of fused-ring (bicyclic) bond motifs is 2. The number of hydrogen-bond acceptors (Lipinski definition) is 8. The van der Waals surface area contributed by atoms with Gasteiger partial charge in [0.2, 0.25) is 0 Å². The molecule has 10 heteroatoms. The average molecular weight is 668 g/mol. The number of pyridine rings is 1. The molecule has 47 heavy (non-hydrogen) atoms. The molecule has 5 rings (SSSR count). The maximum atomic E-state index is 14.5. The number of nitrogen functional groups attached to an aromatic ring is 1. The summed E-state index contributed by atoms with van der Waals surface area (Å²) in [6.07, 6.45) is 9.92. The number of phenols is 1. The summed E-state index contributed by atoms with van der Waals surface area (Å²) in [6.45, 7) is 22.9. The maximum Gasteiger partial charge on any atom is 0.159 e. The molecule has 0 aliphatic carbocycles. The summed E-state index contributed by atoms with van der Waals surface area (Å²) >= 11 is 0.992. The molecule has 2 aliphatic heterocycles. The van der Waals surface area contributed by atoms with Crippen molar-refractivity contribution in [3.05, 3.63) is 39.1 Å².